The second-order valence-electron chi connectivity index (χ2n) is 11.3. The summed E-state index contributed by atoms with van der Waals surface area (Å²) >= 11 is 0. The molecule has 0 aliphatic rings. The van der Waals surface area contributed by atoms with Gasteiger partial charge in [0.2, 0.25) is 0 Å². The van der Waals surface area contributed by atoms with Crippen LogP contribution >= 0.6 is 0 Å². The van der Waals surface area contributed by atoms with Gasteiger partial charge >= 0.3 is 0 Å². The van der Waals surface area contributed by atoms with Crippen molar-refractivity contribution in [3.05, 3.63) is 170 Å². The van der Waals surface area contributed by atoms with Crippen molar-refractivity contribution in [1.29, 1.82) is 0 Å². The van der Waals surface area contributed by atoms with Crippen LogP contribution in [0.3, 0.4) is 0 Å². The normalized spacial score (nSPS) is 12.8. The zero-order chi connectivity index (χ0) is 33.2. The minimum Gasteiger partial charge on any atom is -0.456 e. The summed E-state index contributed by atoms with van der Waals surface area (Å²) in [5.74, 6) is 0. The van der Waals surface area contributed by atoms with Gasteiger partial charge in [0, 0.05) is 10.8 Å². The third kappa shape index (κ3) is 4.24. The standard InChI is InChI=1S/C44H28O/c1-3-11-29(12-4-1)33-23-25-41-39(27-33)40-28-34(24-26-42(40)45-41)30-19-21-32(22-20-30)44-37-17-9-7-15-35(37)43(31-13-5-2-6-14-31)36-16-8-10-18-38(36)44/h1-28H/i19D,20D,21D,22D. The van der Waals surface area contributed by atoms with Gasteiger partial charge in [-0.15, -0.1) is 0 Å². The zero-order valence-electron chi connectivity index (χ0n) is 28.3. The van der Waals surface area contributed by atoms with Crippen LogP contribution in [-0.4, -0.2) is 0 Å². The molecule has 0 N–H and O–H groups in total. The van der Waals surface area contributed by atoms with Crippen LogP contribution in [0.5, 0.6) is 0 Å². The van der Waals surface area contributed by atoms with Crippen LogP contribution in [0.15, 0.2) is 174 Å². The van der Waals surface area contributed by atoms with E-state index in [1.807, 2.05) is 103 Å². The number of hydrogen-bond donors (Lipinski definition) is 0. The van der Waals surface area contributed by atoms with E-state index in [2.05, 4.69) is 42.5 Å². The van der Waals surface area contributed by atoms with Gasteiger partial charge in [0.15, 0.2) is 0 Å². The van der Waals surface area contributed by atoms with E-state index in [1.165, 1.54) is 0 Å². The summed E-state index contributed by atoms with van der Waals surface area (Å²) in [5.41, 5.74) is 7.66. The summed E-state index contributed by atoms with van der Waals surface area (Å²) < 4.78 is 43.6. The Labute approximate surface area is 267 Å². The highest BCUT2D eigenvalue weighted by Gasteiger charge is 2.16. The van der Waals surface area contributed by atoms with E-state index in [1.54, 1.807) is 0 Å². The highest BCUT2D eigenvalue weighted by Crippen LogP contribution is 2.44. The Morgan fingerprint density at radius 1 is 0.311 bits per heavy atom. The Morgan fingerprint density at radius 3 is 1.22 bits per heavy atom. The van der Waals surface area contributed by atoms with Crippen LogP contribution in [0, 0.1) is 0 Å². The third-order valence-corrected chi connectivity index (χ3v) is 8.73. The van der Waals surface area contributed by atoms with Gasteiger partial charge in [-0.2, -0.15) is 0 Å². The minimum absolute atomic E-state index is 0.0673. The number of hydrogen-bond acceptors (Lipinski definition) is 1. The molecule has 0 atom stereocenters. The van der Waals surface area contributed by atoms with Crippen LogP contribution in [0.2, 0.25) is 0 Å². The molecule has 210 valence electrons. The molecular weight excluding hydrogens is 544 g/mol. The molecule has 0 aliphatic carbocycles. The van der Waals surface area contributed by atoms with E-state index in [4.69, 9.17) is 4.42 Å². The van der Waals surface area contributed by atoms with Gasteiger partial charge < -0.3 is 4.42 Å². The maximum atomic E-state index is 9.41. The first-order valence-electron chi connectivity index (χ1n) is 17.1. The molecule has 45 heavy (non-hydrogen) atoms. The van der Waals surface area contributed by atoms with Crippen molar-refractivity contribution >= 4 is 43.5 Å². The molecule has 1 nitrogen and oxygen atoms in total. The number of furan rings is 1. The lowest BCUT2D eigenvalue weighted by Crippen LogP contribution is -1.90. The smallest absolute Gasteiger partial charge is 0.135 e. The van der Waals surface area contributed by atoms with Crippen LogP contribution in [0.1, 0.15) is 5.48 Å². The first-order valence-corrected chi connectivity index (χ1v) is 15.1. The fourth-order valence-corrected chi connectivity index (χ4v) is 6.64. The average molecular weight is 577 g/mol. The van der Waals surface area contributed by atoms with E-state index in [0.717, 1.165) is 60.2 Å². The van der Waals surface area contributed by atoms with Crippen LogP contribution < -0.4 is 0 Å². The van der Waals surface area contributed by atoms with Gasteiger partial charge in [-0.3, -0.25) is 0 Å². The maximum absolute atomic E-state index is 9.41. The van der Waals surface area contributed by atoms with Crippen molar-refractivity contribution < 1.29 is 9.90 Å². The SMILES string of the molecule is [2H]c1c([2H])c(-c2c3ccccc3c(-c3ccccc3)c3ccccc23)c([2H])c([2H])c1-c1ccc2oc3ccc(-c4ccccc4)cc3c2c1. The zero-order valence-corrected chi connectivity index (χ0v) is 24.3. The van der Waals surface area contributed by atoms with Crippen molar-refractivity contribution in [2.45, 2.75) is 0 Å². The molecule has 0 aliphatic heterocycles. The summed E-state index contributed by atoms with van der Waals surface area (Å²) in [6.45, 7) is 0. The van der Waals surface area contributed by atoms with Gasteiger partial charge in [0.25, 0.3) is 0 Å². The van der Waals surface area contributed by atoms with Crippen LogP contribution in [0.25, 0.3) is 88.0 Å². The summed E-state index contributed by atoms with van der Waals surface area (Å²) in [4.78, 5) is 0. The summed E-state index contributed by atoms with van der Waals surface area (Å²) in [6.07, 6.45) is 0. The lowest BCUT2D eigenvalue weighted by molar-refractivity contribution is 0.669. The monoisotopic (exact) mass is 576 g/mol. The van der Waals surface area contributed by atoms with E-state index >= 15 is 0 Å². The van der Waals surface area contributed by atoms with Crippen molar-refractivity contribution in [2.24, 2.45) is 0 Å². The molecule has 0 saturated carbocycles. The van der Waals surface area contributed by atoms with Crippen molar-refractivity contribution in [2.75, 3.05) is 0 Å². The molecular formula is C44H28O. The van der Waals surface area contributed by atoms with Crippen LogP contribution in [-0.2, 0) is 0 Å². The van der Waals surface area contributed by atoms with Gasteiger partial charge in [-0.1, -0.05) is 145 Å². The molecule has 0 saturated heterocycles. The van der Waals surface area contributed by atoms with E-state index < -0.39 is 0 Å². The first-order chi connectivity index (χ1) is 24.0. The largest absolute Gasteiger partial charge is 0.456 e. The molecule has 0 fully saturated rings. The Hall–Kier alpha value is -5.92. The molecule has 0 bridgehead atoms. The molecule has 0 radical (unpaired) electrons. The Kier molecular flexibility index (Phi) is 5.00. The molecule has 1 heterocycles. The number of fused-ring (bicyclic) bond motifs is 5. The highest BCUT2D eigenvalue weighted by atomic mass is 16.3. The Bertz CT molecular complexity index is 2660. The Morgan fingerprint density at radius 2 is 0.711 bits per heavy atom. The quantitative estimate of drug-likeness (QED) is 0.190. The number of rotatable bonds is 4. The lowest BCUT2D eigenvalue weighted by atomic mass is 9.86. The van der Waals surface area contributed by atoms with Crippen LogP contribution in [0.4, 0.5) is 0 Å². The second-order valence-corrected chi connectivity index (χ2v) is 11.3. The van der Waals surface area contributed by atoms with Gasteiger partial charge in [0.1, 0.15) is 11.2 Å². The fraction of sp³-hybridized carbons (Fsp3) is 0. The summed E-state index contributed by atoms with van der Waals surface area (Å²) in [5, 5.41) is 5.55. The van der Waals surface area contributed by atoms with Gasteiger partial charge in [-0.05, 0) is 90.3 Å². The molecule has 1 heteroatoms. The predicted molar refractivity (Wildman–Crippen MR) is 190 cm³/mol. The molecule has 9 aromatic rings. The van der Waals surface area contributed by atoms with E-state index in [9.17, 15) is 5.48 Å². The highest BCUT2D eigenvalue weighted by molar-refractivity contribution is 6.21. The van der Waals surface area contributed by atoms with Crippen molar-refractivity contribution in [3.63, 3.8) is 0 Å². The third-order valence-electron chi connectivity index (χ3n) is 8.73. The second kappa shape index (κ2) is 10.4. The van der Waals surface area contributed by atoms with E-state index in [0.29, 0.717) is 22.3 Å². The molecule has 0 spiro atoms. The lowest BCUT2D eigenvalue weighted by Gasteiger charge is -2.18. The average Bonchev–Trinajstić information content (AvgIpc) is 3.52. The first kappa shape index (κ1) is 21.7. The van der Waals surface area contributed by atoms with Gasteiger partial charge in [-0.25, -0.2) is 0 Å². The number of benzene rings is 8. The minimum atomic E-state index is -0.0755. The summed E-state index contributed by atoms with van der Waals surface area (Å²) in [6, 6.07) is 48.0. The molecule has 0 unspecified atom stereocenters. The molecule has 8 aromatic carbocycles. The molecule has 0 amide bonds. The van der Waals surface area contributed by atoms with Gasteiger partial charge in [0.05, 0.1) is 5.48 Å². The Balaban J connectivity index is 1.28. The molecule has 1 aromatic heterocycles. The summed E-state index contributed by atoms with van der Waals surface area (Å²) in [7, 11) is 0. The maximum Gasteiger partial charge on any atom is 0.135 e. The molecule has 9 rings (SSSR count). The van der Waals surface area contributed by atoms with Crippen molar-refractivity contribution in [1.82, 2.24) is 0 Å². The predicted octanol–water partition coefficient (Wildman–Crippen LogP) is 12.6. The topological polar surface area (TPSA) is 13.1 Å². The van der Waals surface area contributed by atoms with E-state index in [-0.39, 0.29) is 29.7 Å². The van der Waals surface area contributed by atoms with Crippen molar-refractivity contribution in [3.8, 4) is 44.5 Å². The fourth-order valence-electron chi connectivity index (χ4n) is 6.64.